The highest BCUT2D eigenvalue weighted by Crippen LogP contribution is 2.36. The fourth-order valence-electron chi connectivity index (χ4n) is 2.28. The van der Waals surface area contributed by atoms with Gasteiger partial charge in [-0.3, -0.25) is 4.72 Å². The fourth-order valence-corrected chi connectivity index (χ4v) is 4.18. The molecule has 0 bridgehead atoms. The first-order valence-electron chi connectivity index (χ1n) is 7.47. The van der Waals surface area contributed by atoms with Crippen LogP contribution in [0.2, 0.25) is 10.0 Å². The normalized spacial score (nSPS) is 11.0. The second-order valence-electron chi connectivity index (χ2n) is 5.38. The summed E-state index contributed by atoms with van der Waals surface area (Å²) in [6.07, 6.45) is 0. The van der Waals surface area contributed by atoms with E-state index >= 15 is 0 Å². The maximum atomic E-state index is 12.8. The summed E-state index contributed by atoms with van der Waals surface area (Å²) in [6, 6.07) is 5.31. The fraction of sp³-hybridized carbons (Fsp3) is 0.235. The summed E-state index contributed by atoms with van der Waals surface area (Å²) in [5.74, 6) is -0.297. The second-order valence-corrected chi connectivity index (χ2v) is 7.85. The number of hydrogen-bond donors (Lipinski definition) is 1. The Morgan fingerprint density at radius 3 is 2.11 bits per heavy atom. The number of carbonyl (C=O) groups excluding carboxylic acids is 1. The third-order valence-corrected chi connectivity index (χ3v) is 5.91. The molecule has 0 radical (unpaired) electrons. The number of carbonyl (C=O) groups is 1. The third kappa shape index (κ3) is 4.40. The standard InChI is InChI=1S/C17H17Cl2NO6S/c1-9-5-16(12(19)7-11(9)18)27(22,23)20-13-8-15(25-3)14(24-2)6-10(13)17(21)26-4/h5-8,20H,1-4H3. The zero-order valence-corrected chi connectivity index (χ0v) is 17.3. The summed E-state index contributed by atoms with van der Waals surface area (Å²) in [4.78, 5) is 11.9. The molecule has 2 aromatic carbocycles. The van der Waals surface area contributed by atoms with Crippen LogP contribution in [0.5, 0.6) is 11.5 Å². The molecule has 0 atom stereocenters. The molecule has 0 spiro atoms. The maximum absolute atomic E-state index is 12.8. The lowest BCUT2D eigenvalue weighted by molar-refractivity contribution is 0.0601. The highest BCUT2D eigenvalue weighted by molar-refractivity contribution is 7.92. The second kappa shape index (κ2) is 8.24. The van der Waals surface area contributed by atoms with Gasteiger partial charge in [0.1, 0.15) is 4.90 Å². The number of halogens is 2. The van der Waals surface area contributed by atoms with Crippen molar-refractivity contribution in [2.75, 3.05) is 26.1 Å². The number of sulfonamides is 1. The van der Waals surface area contributed by atoms with Crippen molar-refractivity contribution in [3.8, 4) is 11.5 Å². The molecule has 146 valence electrons. The average Bonchev–Trinajstić information content (AvgIpc) is 2.63. The predicted molar refractivity (Wildman–Crippen MR) is 103 cm³/mol. The van der Waals surface area contributed by atoms with Gasteiger partial charge in [0.2, 0.25) is 0 Å². The topological polar surface area (TPSA) is 90.9 Å². The number of anilines is 1. The SMILES string of the molecule is COC(=O)c1cc(OC)c(OC)cc1NS(=O)(=O)c1cc(C)c(Cl)cc1Cl. The van der Waals surface area contributed by atoms with Crippen molar-refractivity contribution in [1.29, 1.82) is 0 Å². The van der Waals surface area contributed by atoms with Gasteiger partial charge in [-0.2, -0.15) is 0 Å². The van der Waals surface area contributed by atoms with Crippen LogP contribution in [0.25, 0.3) is 0 Å². The minimum absolute atomic E-state index is 0.0526. The molecule has 2 rings (SSSR count). The molecule has 0 amide bonds. The number of aryl methyl sites for hydroxylation is 1. The monoisotopic (exact) mass is 433 g/mol. The van der Waals surface area contributed by atoms with Crippen molar-refractivity contribution >= 4 is 44.9 Å². The molecule has 0 saturated heterocycles. The van der Waals surface area contributed by atoms with E-state index in [9.17, 15) is 13.2 Å². The molecule has 10 heteroatoms. The van der Waals surface area contributed by atoms with Gasteiger partial charge in [-0.1, -0.05) is 23.2 Å². The molecule has 0 aliphatic rings. The Kier molecular flexibility index (Phi) is 6.46. The number of rotatable bonds is 6. The van der Waals surface area contributed by atoms with Crippen molar-refractivity contribution in [1.82, 2.24) is 0 Å². The molecule has 0 aromatic heterocycles. The van der Waals surface area contributed by atoms with E-state index in [2.05, 4.69) is 4.72 Å². The van der Waals surface area contributed by atoms with Crippen LogP contribution in [0.15, 0.2) is 29.2 Å². The molecule has 27 heavy (non-hydrogen) atoms. The minimum atomic E-state index is -4.14. The Balaban J connectivity index is 2.61. The van der Waals surface area contributed by atoms with E-state index < -0.39 is 16.0 Å². The van der Waals surface area contributed by atoms with Crippen LogP contribution in [0, 0.1) is 6.92 Å². The third-order valence-electron chi connectivity index (χ3n) is 3.68. The lowest BCUT2D eigenvalue weighted by atomic mass is 10.1. The number of nitrogens with one attached hydrogen (secondary N) is 1. The maximum Gasteiger partial charge on any atom is 0.340 e. The Bertz CT molecular complexity index is 991. The van der Waals surface area contributed by atoms with E-state index in [1.54, 1.807) is 6.92 Å². The van der Waals surface area contributed by atoms with Crippen LogP contribution in [-0.4, -0.2) is 35.7 Å². The zero-order valence-electron chi connectivity index (χ0n) is 14.9. The Morgan fingerprint density at radius 1 is 0.963 bits per heavy atom. The minimum Gasteiger partial charge on any atom is -0.493 e. The van der Waals surface area contributed by atoms with Crippen molar-refractivity contribution in [2.24, 2.45) is 0 Å². The lowest BCUT2D eigenvalue weighted by Crippen LogP contribution is -2.17. The first-order chi connectivity index (χ1) is 12.6. The number of hydrogen-bond acceptors (Lipinski definition) is 6. The molecular weight excluding hydrogens is 417 g/mol. The summed E-state index contributed by atoms with van der Waals surface area (Å²) in [5, 5.41) is 0.276. The first kappa shape index (κ1) is 21.1. The van der Waals surface area contributed by atoms with E-state index in [0.29, 0.717) is 10.6 Å². The number of methoxy groups -OCH3 is 3. The summed E-state index contributed by atoms with van der Waals surface area (Å²) in [6.45, 7) is 1.65. The van der Waals surface area contributed by atoms with Gasteiger partial charge >= 0.3 is 5.97 Å². The van der Waals surface area contributed by atoms with Gasteiger partial charge in [0, 0.05) is 17.2 Å². The van der Waals surface area contributed by atoms with Crippen LogP contribution >= 0.6 is 23.2 Å². The van der Waals surface area contributed by atoms with Gasteiger partial charge in [0.25, 0.3) is 10.0 Å². The molecule has 0 aliphatic carbocycles. The lowest BCUT2D eigenvalue weighted by Gasteiger charge is -2.16. The van der Waals surface area contributed by atoms with Crippen molar-refractivity contribution in [3.63, 3.8) is 0 Å². The molecule has 2 aromatic rings. The average molecular weight is 434 g/mol. The van der Waals surface area contributed by atoms with E-state index in [-0.39, 0.29) is 32.7 Å². The van der Waals surface area contributed by atoms with Crippen molar-refractivity contribution in [3.05, 3.63) is 45.4 Å². The Hall–Kier alpha value is -2.16. The quantitative estimate of drug-likeness (QED) is 0.694. The van der Waals surface area contributed by atoms with Crippen molar-refractivity contribution in [2.45, 2.75) is 11.8 Å². The first-order valence-corrected chi connectivity index (χ1v) is 9.71. The predicted octanol–water partition coefficient (Wildman–Crippen LogP) is 3.91. The smallest absolute Gasteiger partial charge is 0.340 e. The van der Waals surface area contributed by atoms with Gasteiger partial charge in [-0.25, -0.2) is 13.2 Å². The van der Waals surface area contributed by atoms with E-state index in [1.807, 2.05) is 0 Å². The molecule has 0 unspecified atom stereocenters. The molecule has 7 nitrogen and oxygen atoms in total. The highest BCUT2D eigenvalue weighted by atomic mass is 35.5. The van der Waals surface area contributed by atoms with Crippen LogP contribution in [0.4, 0.5) is 5.69 Å². The van der Waals surface area contributed by atoms with E-state index in [1.165, 1.54) is 45.6 Å². The van der Waals surface area contributed by atoms with Gasteiger partial charge in [-0.05, 0) is 24.6 Å². The van der Waals surface area contributed by atoms with Gasteiger partial charge in [0.15, 0.2) is 11.5 Å². The molecule has 0 aliphatic heterocycles. The van der Waals surface area contributed by atoms with Crippen LogP contribution < -0.4 is 14.2 Å². The molecule has 1 N–H and O–H groups in total. The largest absolute Gasteiger partial charge is 0.493 e. The molecule has 0 heterocycles. The number of benzene rings is 2. The van der Waals surface area contributed by atoms with Gasteiger partial charge < -0.3 is 14.2 Å². The summed E-state index contributed by atoms with van der Waals surface area (Å²) in [5.41, 5.74) is 0.422. The Morgan fingerprint density at radius 2 is 1.56 bits per heavy atom. The zero-order chi connectivity index (χ0) is 20.4. The van der Waals surface area contributed by atoms with E-state index in [4.69, 9.17) is 37.4 Å². The van der Waals surface area contributed by atoms with Crippen molar-refractivity contribution < 1.29 is 27.4 Å². The molecule has 0 fully saturated rings. The van der Waals surface area contributed by atoms with Crippen LogP contribution in [0.3, 0.4) is 0 Å². The van der Waals surface area contributed by atoms with E-state index in [0.717, 1.165) is 0 Å². The molecule has 0 saturated carbocycles. The summed E-state index contributed by atoms with van der Waals surface area (Å²) >= 11 is 12.0. The summed E-state index contributed by atoms with van der Waals surface area (Å²) in [7, 11) is -0.189. The number of ether oxygens (including phenoxy) is 3. The van der Waals surface area contributed by atoms with Crippen LogP contribution in [-0.2, 0) is 14.8 Å². The van der Waals surface area contributed by atoms with Crippen LogP contribution in [0.1, 0.15) is 15.9 Å². The summed E-state index contributed by atoms with van der Waals surface area (Å²) < 4.78 is 43.0. The highest BCUT2D eigenvalue weighted by Gasteiger charge is 2.24. The molecular formula is C17H17Cl2NO6S. The van der Waals surface area contributed by atoms with Gasteiger partial charge in [-0.15, -0.1) is 0 Å². The number of esters is 1. The Labute approximate surface area is 167 Å². The van der Waals surface area contributed by atoms with Gasteiger partial charge in [0.05, 0.1) is 37.6 Å².